The van der Waals surface area contributed by atoms with Crippen LogP contribution < -0.4 is 9.47 Å². The van der Waals surface area contributed by atoms with E-state index in [2.05, 4.69) is 0 Å². The molecule has 0 fully saturated rings. The number of furan rings is 1. The molecule has 0 unspecified atom stereocenters. The quantitative estimate of drug-likeness (QED) is 0.732. The minimum absolute atomic E-state index is 0.112. The number of rotatable bonds is 7. The Labute approximate surface area is 122 Å². The molecule has 0 atom stereocenters. The molecule has 0 aliphatic carbocycles. The van der Waals surface area contributed by atoms with E-state index in [1.165, 1.54) is 20.5 Å². The first-order valence-corrected chi connectivity index (χ1v) is 6.47. The summed E-state index contributed by atoms with van der Waals surface area (Å²) in [5.41, 5.74) is 0.486. The normalized spacial score (nSPS) is 10.2. The summed E-state index contributed by atoms with van der Waals surface area (Å²) in [6.07, 6.45) is 1.67. The van der Waals surface area contributed by atoms with Gasteiger partial charge in [-0.3, -0.25) is 9.59 Å². The molecule has 0 spiro atoms. The number of hydrogen-bond acceptors (Lipinski definition) is 5. The first-order chi connectivity index (χ1) is 10.2. The van der Waals surface area contributed by atoms with Crippen LogP contribution in [0.2, 0.25) is 0 Å². The first-order valence-electron chi connectivity index (χ1n) is 6.47. The van der Waals surface area contributed by atoms with Crippen LogP contribution in [0.1, 0.15) is 33.8 Å². The zero-order valence-electron chi connectivity index (χ0n) is 11.9. The Kier molecular flexibility index (Phi) is 4.77. The van der Waals surface area contributed by atoms with Gasteiger partial charge in [0.1, 0.15) is 0 Å². The van der Waals surface area contributed by atoms with Gasteiger partial charge in [-0.05, 0) is 30.3 Å². The van der Waals surface area contributed by atoms with Gasteiger partial charge in [0, 0.05) is 18.4 Å². The Balaban J connectivity index is 2.02. The van der Waals surface area contributed by atoms with Crippen molar-refractivity contribution >= 4 is 11.6 Å². The Morgan fingerprint density at radius 1 is 1.00 bits per heavy atom. The fourth-order valence-electron chi connectivity index (χ4n) is 1.94. The Morgan fingerprint density at radius 3 is 2.33 bits per heavy atom. The number of Topliss-reactive ketones (excluding diaryl/α,β-unsaturated/α-hetero) is 2. The molecule has 0 aliphatic rings. The predicted molar refractivity (Wildman–Crippen MR) is 76.1 cm³/mol. The van der Waals surface area contributed by atoms with Crippen molar-refractivity contribution in [2.75, 3.05) is 14.2 Å². The highest BCUT2D eigenvalue weighted by molar-refractivity contribution is 6.01. The third-order valence-electron chi connectivity index (χ3n) is 3.08. The summed E-state index contributed by atoms with van der Waals surface area (Å²) in [7, 11) is 3.04. The van der Waals surface area contributed by atoms with Gasteiger partial charge < -0.3 is 13.9 Å². The molecule has 0 radical (unpaired) electrons. The molecular weight excluding hydrogens is 272 g/mol. The largest absolute Gasteiger partial charge is 0.493 e. The lowest BCUT2D eigenvalue weighted by molar-refractivity contribution is 0.0902. The summed E-state index contributed by atoms with van der Waals surface area (Å²) in [5.74, 6) is 1.00. The van der Waals surface area contributed by atoms with Crippen LogP contribution in [-0.2, 0) is 0 Å². The smallest absolute Gasteiger partial charge is 0.198 e. The van der Waals surface area contributed by atoms with E-state index < -0.39 is 0 Å². The van der Waals surface area contributed by atoms with Gasteiger partial charge in [0.05, 0.1) is 20.5 Å². The summed E-state index contributed by atoms with van der Waals surface area (Å²) in [6, 6.07) is 8.16. The van der Waals surface area contributed by atoms with Crippen molar-refractivity contribution in [1.29, 1.82) is 0 Å². The number of ketones is 2. The van der Waals surface area contributed by atoms with Crippen molar-refractivity contribution in [3.8, 4) is 11.5 Å². The van der Waals surface area contributed by atoms with E-state index in [9.17, 15) is 9.59 Å². The van der Waals surface area contributed by atoms with Gasteiger partial charge in [-0.15, -0.1) is 0 Å². The second-order valence-corrected chi connectivity index (χ2v) is 4.39. The van der Waals surface area contributed by atoms with Gasteiger partial charge in [0.15, 0.2) is 28.8 Å². The molecule has 2 rings (SSSR count). The molecule has 2 aromatic rings. The fraction of sp³-hybridized carbons (Fsp3) is 0.250. The van der Waals surface area contributed by atoms with Crippen molar-refractivity contribution in [3.05, 3.63) is 47.9 Å². The molecule has 110 valence electrons. The van der Waals surface area contributed by atoms with Crippen LogP contribution in [-0.4, -0.2) is 25.8 Å². The van der Waals surface area contributed by atoms with E-state index in [4.69, 9.17) is 13.9 Å². The van der Waals surface area contributed by atoms with E-state index in [0.29, 0.717) is 17.1 Å². The lowest BCUT2D eigenvalue weighted by Crippen LogP contribution is -2.05. The SMILES string of the molecule is COc1ccc(C(=O)CCC(=O)c2ccco2)cc1OC. The van der Waals surface area contributed by atoms with Crippen molar-refractivity contribution in [1.82, 2.24) is 0 Å². The molecule has 0 N–H and O–H groups in total. The van der Waals surface area contributed by atoms with Gasteiger partial charge in [-0.1, -0.05) is 0 Å². The van der Waals surface area contributed by atoms with Crippen LogP contribution in [0.25, 0.3) is 0 Å². The maximum Gasteiger partial charge on any atom is 0.198 e. The van der Waals surface area contributed by atoms with Crippen LogP contribution in [0.4, 0.5) is 0 Å². The second-order valence-electron chi connectivity index (χ2n) is 4.39. The van der Waals surface area contributed by atoms with Crippen molar-refractivity contribution < 1.29 is 23.5 Å². The number of benzene rings is 1. The lowest BCUT2D eigenvalue weighted by Gasteiger charge is -2.08. The van der Waals surface area contributed by atoms with Gasteiger partial charge in [0.2, 0.25) is 0 Å². The fourth-order valence-corrected chi connectivity index (χ4v) is 1.94. The first kappa shape index (κ1) is 14.8. The molecular formula is C16H16O5. The second kappa shape index (κ2) is 6.74. The average molecular weight is 288 g/mol. The maximum absolute atomic E-state index is 12.1. The molecule has 1 aromatic carbocycles. The monoisotopic (exact) mass is 288 g/mol. The summed E-state index contributed by atoms with van der Waals surface area (Å²) in [6.45, 7) is 0. The standard InChI is InChI=1S/C16H16O5/c1-19-15-8-5-11(10-16(15)20-2)12(17)6-7-13(18)14-4-3-9-21-14/h3-5,8-10H,6-7H2,1-2H3. The minimum atomic E-state index is -0.186. The molecule has 0 amide bonds. The van der Waals surface area contributed by atoms with Gasteiger partial charge in [-0.2, -0.15) is 0 Å². The molecule has 0 bridgehead atoms. The van der Waals surface area contributed by atoms with Gasteiger partial charge >= 0.3 is 0 Å². The topological polar surface area (TPSA) is 65.7 Å². The number of methoxy groups -OCH3 is 2. The Morgan fingerprint density at radius 2 is 1.71 bits per heavy atom. The van der Waals surface area contributed by atoms with E-state index >= 15 is 0 Å². The molecule has 0 saturated carbocycles. The summed E-state index contributed by atoms with van der Waals surface area (Å²) in [5, 5.41) is 0. The maximum atomic E-state index is 12.1. The Hall–Kier alpha value is -2.56. The van der Waals surface area contributed by atoms with Crippen molar-refractivity contribution in [2.24, 2.45) is 0 Å². The van der Waals surface area contributed by atoms with E-state index in [-0.39, 0.29) is 30.2 Å². The van der Waals surface area contributed by atoms with Crippen LogP contribution in [0.5, 0.6) is 11.5 Å². The average Bonchev–Trinajstić information content (AvgIpc) is 3.06. The third-order valence-corrected chi connectivity index (χ3v) is 3.08. The highest BCUT2D eigenvalue weighted by Crippen LogP contribution is 2.28. The highest BCUT2D eigenvalue weighted by atomic mass is 16.5. The molecule has 0 aliphatic heterocycles. The number of ether oxygens (including phenoxy) is 2. The lowest BCUT2D eigenvalue weighted by atomic mass is 10.0. The van der Waals surface area contributed by atoms with Gasteiger partial charge in [0.25, 0.3) is 0 Å². The third kappa shape index (κ3) is 3.51. The van der Waals surface area contributed by atoms with Gasteiger partial charge in [-0.25, -0.2) is 0 Å². The number of carbonyl (C=O) groups excluding carboxylic acids is 2. The van der Waals surface area contributed by atoms with Crippen LogP contribution in [0.15, 0.2) is 41.0 Å². The zero-order chi connectivity index (χ0) is 15.2. The minimum Gasteiger partial charge on any atom is -0.493 e. The van der Waals surface area contributed by atoms with Crippen LogP contribution in [0.3, 0.4) is 0 Å². The molecule has 1 aromatic heterocycles. The molecule has 0 saturated heterocycles. The van der Waals surface area contributed by atoms with Crippen molar-refractivity contribution in [2.45, 2.75) is 12.8 Å². The van der Waals surface area contributed by atoms with Crippen LogP contribution >= 0.6 is 0 Å². The van der Waals surface area contributed by atoms with Crippen LogP contribution in [0, 0.1) is 0 Å². The number of hydrogen-bond donors (Lipinski definition) is 0. The molecule has 1 heterocycles. The number of carbonyl (C=O) groups is 2. The van der Waals surface area contributed by atoms with Crippen molar-refractivity contribution in [3.63, 3.8) is 0 Å². The molecule has 5 nitrogen and oxygen atoms in total. The highest BCUT2D eigenvalue weighted by Gasteiger charge is 2.14. The summed E-state index contributed by atoms with van der Waals surface area (Å²) < 4.78 is 15.3. The Bertz CT molecular complexity index is 628. The van der Waals surface area contributed by atoms with E-state index in [1.807, 2.05) is 0 Å². The van der Waals surface area contributed by atoms with E-state index in [1.54, 1.807) is 30.3 Å². The predicted octanol–water partition coefficient (Wildman–Crippen LogP) is 3.14. The summed E-state index contributed by atoms with van der Waals surface area (Å²) in [4.78, 5) is 23.9. The van der Waals surface area contributed by atoms with E-state index in [0.717, 1.165) is 0 Å². The summed E-state index contributed by atoms with van der Waals surface area (Å²) >= 11 is 0. The molecule has 5 heteroatoms. The molecule has 21 heavy (non-hydrogen) atoms. The zero-order valence-corrected chi connectivity index (χ0v) is 11.9.